The average Bonchev–Trinajstić information content (AvgIpc) is 3.02. The van der Waals surface area contributed by atoms with Gasteiger partial charge in [0.1, 0.15) is 0 Å². The van der Waals surface area contributed by atoms with Gasteiger partial charge in [-0.25, -0.2) is 0 Å². The Morgan fingerprint density at radius 3 is 3.14 bits per heavy atom. The van der Waals surface area contributed by atoms with Crippen molar-refractivity contribution in [2.24, 2.45) is 11.1 Å². The largest absolute Gasteiger partial charge is 0.411 e. The van der Waals surface area contributed by atoms with Crippen molar-refractivity contribution in [2.75, 3.05) is 13.1 Å². The second-order valence-electron chi connectivity index (χ2n) is 5.97. The van der Waals surface area contributed by atoms with Crippen molar-refractivity contribution in [2.45, 2.75) is 44.9 Å². The summed E-state index contributed by atoms with van der Waals surface area (Å²) in [4.78, 5) is 16.3. The molecule has 114 valence electrons. The minimum atomic E-state index is 0.0464. The molecule has 0 spiro atoms. The fourth-order valence-corrected chi connectivity index (χ4v) is 4.56. The predicted octanol–water partition coefficient (Wildman–Crippen LogP) is 3.26. The number of carbonyl (C=O) groups is 1. The van der Waals surface area contributed by atoms with Crippen LogP contribution in [0.2, 0.25) is 0 Å². The summed E-state index contributed by atoms with van der Waals surface area (Å²) in [6.45, 7) is 3.47. The Hall–Kier alpha value is -1.36. The number of nitrogens with zero attached hydrogens (tertiary/aromatic N) is 2. The maximum atomic E-state index is 12.9. The molecule has 1 amide bonds. The lowest BCUT2D eigenvalue weighted by Gasteiger charge is -2.36. The lowest BCUT2D eigenvalue weighted by Crippen LogP contribution is -2.46. The molecule has 2 heterocycles. The molecular weight excluding hydrogens is 284 g/mol. The van der Waals surface area contributed by atoms with E-state index in [1.807, 2.05) is 4.90 Å². The summed E-state index contributed by atoms with van der Waals surface area (Å²) in [5.41, 5.74) is 2.10. The minimum absolute atomic E-state index is 0.0464. The minimum Gasteiger partial charge on any atom is -0.411 e. The van der Waals surface area contributed by atoms with Crippen LogP contribution in [0.25, 0.3) is 0 Å². The monoisotopic (exact) mass is 306 g/mol. The SMILES string of the molecule is CCC1CN(C(=O)C2CCCc3sccc32)CC/C1=N\O. The Morgan fingerprint density at radius 2 is 2.38 bits per heavy atom. The van der Waals surface area contributed by atoms with E-state index in [1.165, 1.54) is 10.4 Å². The van der Waals surface area contributed by atoms with Gasteiger partial charge in [0.05, 0.1) is 11.6 Å². The molecule has 21 heavy (non-hydrogen) atoms. The van der Waals surface area contributed by atoms with Crippen molar-refractivity contribution in [1.82, 2.24) is 4.90 Å². The number of rotatable bonds is 2. The van der Waals surface area contributed by atoms with Gasteiger partial charge in [0.25, 0.3) is 0 Å². The van der Waals surface area contributed by atoms with E-state index in [-0.39, 0.29) is 17.7 Å². The molecule has 0 saturated carbocycles. The number of aryl methyl sites for hydroxylation is 1. The third kappa shape index (κ3) is 2.71. The van der Waals surface area contributed by atoms with Crippen molar-refractivity contribution in [3.63, 3.8) is 0 Å². The van der Waals surface area contributed by atoms with Gasteiger partial charge in [-0.2, -0.15) is 0 Å². The van der Waals surface area contributed by atoms with Crippen LogP contribution in [0.3, 0.4) is 0 Å². The molecule has 1 N–H and O–H groups in total. The molecule has 0 aromatic carbocycles. The second-order valence-corrected chi connectivity index (χ2v) is 6.98. The fourth-order valence-electron chi connectivity index (χ4n) is 3.58. The maximum Gasteiger partial charge on any atom is 0.230 e. The van der Waals surface area contributed by atoms with Crippen LogP contribution in [-0.4, -0.2) is 34.8 Å². The van der Waals surface area contributed by atoms with E-state index in [0.717, 1.165) is 31.4 Å². The summed E-state index contributed by atoms with van der Waals surface area (Å²) >= 11 is 1.78. The van der Waals surface area contributed by atoms with E-state index in [9.17, 15) is 4.79 Å². The van der Waals surface area contributed by atoms with E-state index in [4.69, 9.17) is 5.21 Å². The molecule has 1 aromatic heterocycles. The number of thiophene rings is 1. The zero-order chi connectivity index (χ0) is 14.8. The van der Waals surface area contributed by atoms with Gasteiger partial charge in [0.15, 0.2) is 0 Å². The average molecular weight is 306 g/mol. The topological polar surface area (TPSA) is 52.9 Å². The van der Waals surface area contributed by atoms with Gasteiger partial charge < -0.3 is 10.1 Å². The first-order valence-electron chi connectivity index (χ1n) is 7.80. The molecule has 1 saturated heterocycles. The van der Waals surface area contributed by atoms with Crippen LogP contribution in [0.5, 0.6) is 0 Å². The molecule has 2 atom stereocenters. The van der Waals surface area contributed by atoms with Crippen LogP contribution in [0.1, 0.15) is 49.0 Å². The number of fused-ring (bicyclic) bond motifs is 1. The van der Waals surface area contributed by atoms with Crippen molar-refractivity contribution >= 4 is 23.0 Å². The Kier molecular flexibility index (Phi) is 4.29. The first-order valence-corrected chi connectivity index (χ1v) is 8.68. The first kappa shape index (κ1) is 14.6. The van der Waals surface area contributed by atoms with Gasteiger partial charge in [0.2, 0.25) is 5.91 Å². The molecular formula is C16H22N2O2S. The number of hydrogen-bond donors (Lipinski definition) is 1. The lowest BCUT2D eigenvalue weighted by atomic mass is 9.85. The van der Waals surface area contributed by atoms with Crippen molar-refractivity contribution in [3.05, 3.63) is 21.9 Å². The lowest BCUT2D eigenvalue weighted by molar-refractivity contribution is -0.133. The Labute approximate surface area is 129 Å². The predicted molar refractivity (Wildman–Crippen MR) is 84.2 cm³/mol. The highest BCUT2D eigenvalue weighted by Gasteiger charge is 2.34. The highest BCUT2D eigenvalue weighted by atomic mass is 32.1. The van der Waals surface area contributed by atoms with E-state index in [1.54, 1.807) is 11.3 Å². The first-order chi connectivity index (χ1) is 10.2. The van der Waals surface area contributed by atoms with Gasteiger partial charge in [-0.3, -0.25) is 4.79 Å². The van der Waals surface area contributed by atoms with Gasteiger partial charge in [0, 0.05) is 30.3 Å². The maximum absolute atomic E-state index is 12.9. The molecule has 2 unspecified atom stereocenters. The van der Waals surface area contributed by atoms with Gasteiger partial charge >= 0.3 is 0 Å². The van der Waals surface area contributed by atoms with Crippen LogP contribution in [0.15, 0.2) is 16.6 Å². The second kappa shape index (κ2) is 6.18. The van der Waals surface area contributed by atoms with E-state index in [0.29, 0.717) is 19.5 Å². The molecule has 0 radical (unpaired) electrons. The molecule has 5 heteroatoms. The van der Waals surface area contributed by atoms with Crippen molar-refractivity contribution in [3.8, 4) is 0 Å². The Morgan fingerprint density at radius 1 is 1.52 bits per heavy atom. The molecule has 1 fully saturated rings. The van der Waals surface area contributed by atoms with Gasteiger partial charge in [-0.1, -0.05) is 12.1 Å². The highest BCUT2D eigenvalue weighted by Crippen LogP contribution is 2.36. The quantitative estimate of drug-likeness (QED) is 0.673. The number of hydrogen-bond acceptors (Lipinski definition) is 4. The van der Waals surface area contributed by atoms with Crippen LogP contribution in [-0.2, 0) is 11.2 Å². The number of likely N-dealkylation sites (tertiary alicyclic amines) is 1. The number of piperidine rings is 1. The summed E-state index contributed by atoms with van der Waals surface area (Å²) in [7, 11) is 0. The normalized spacial score (nSPS) is 27.7. The summed E-state index contributed by atoms with van der Waals surface area (Å²) in [6, 6.07) is 2.13. The fraction of sp³-hybridized carbons (Fsp3) is 0.625. The third-order valence-corrected chi connectivity index (χ3v) is 5.83. The summed E-state index contributed by atoms with van der Waals surface area (Å²) in [6.07, 6.45) is 4.81. The van der Waals surface area contributed by atoms with Crippen LogP contribution < -0.4 is 0 Å². The van der Waals surface area contributed by atoms with Gasteiger partial charge in [-0.15, -0.1) is 11.3 Å². The number of amides is 1. The van der Waals surface area contributed by atoms with Gasteiger partial charge in [-0.05, 0) is 42.7 Å². The smallest absolute Gasteiger partial charge is 0.230 e. The standard InChI is InChI=1S/C16H22N2O2S/c1-2-11-10-18(8-6-14(11)17-20)16(19)13-4-3-5-15-12(13)7-9-21-15/h7,9,11,13,20H,2-6,8,10H2,1H3/b17-14+. The Bertz CT molecular complexity index is 552. The van der Waals surface area contributed by atoms with Crippen LogP contribution >= 0.6 is 11.3 Å². The van der Waals surface area contributed by atoms with Crippen LogP contribution in [0, 0.1) is 5.92 Å². The van der Waals surface area contributed by atoms with E-state index in [2.05, 4.69) is 23.5 Å². The summed E-state index contributed by atoms with van der Waals surface area (Å²) in [5.74, 6) is 0.521. The molecule has 3 rings (SSSR count). The van der Waals surface area contributed by atoms with Crippen molar-refractivity contribution in [1.29, 1.82) is 0 Å². The summed E-state index contributed by atoms with van der Waals surface area (Å²) in [5, 5.41) is 14.6. The highest BCUT2D eigenvalue weighted by molar-refractivity contribution is 7.10. The zero-order valence-electron chi connectivity index (χ0n) is 12.4. The molecule has 2 aliphatic rings. The molecule has 1 aliphatic heterocycles. The zero-order valence-corrected chi connectivity index (χ0v) is 13.2. The van der Waals surface area contributed by atoms with E-state index < -0.39 is 0 Å². The molecule has 0 bridgehead atoms. The summed E-state index contributed by atoms with van der Waals surface area (Å²) < 4.78 is 0. The molecule has 1 aromatic rings. The molecule has 4 nitrogen and oxygen atoms in total. The molecule has 1 aliphatic carbocycles. The number of carbonyl (C=O) groups excluding carboxylic acids is 1. The third-order valence-electron chi connectivity index (χ3n) is 4.83. The van der Waals surface area contributed by atoms with Crippen LogP contribution in [0.4, 0.5) is 0 Å². The van der Waals surface area contributed by atoms with E-state index >= 15 is 0 Å². The van der Waals surface area contributed by atoms with Crippen molar-refractivity contribution < 1.29 is 10.0 Å². The number of oxime groups is 1. The Balaban J connectivity index is 1.75.